The van der Waals surface area contributed by atoms with Gasteiger partial charge in [0.25, 0.3) is 0 Å². The summed E-state index contributed by atoms with van der Waals surface area (Å²) in [6.45, 7) is 0. The molecule has 2 aromatic heterocycles. The summed E-state index contributed by atoms with van der Waals surface area (Å²) in [5.74, 6) is 1.97. The molecule has 5 rings (SSSR count). The Balaban J connectivity index is 1.28. The molecule has 0 saturated carbocycles. The molecule has 0 aliphatic rings. The second-order valence-electron chi connectivity index (χ2n) is 7.73. The molecule has 5 aromatic rings. The number of nitrogens with zero attached hydrogens (tertiary/aromatic N) is 1. The van der Waals surface area contributed by atoms with E-state index in [0.717, 1.165) is 15.6 Å². The van der Waals surface area contributed by atoms with Crippen molar-refractivity contribution in [2.24, 2.45) is 0 Å². The SMILES string of the molecule is COc1ccc(-c2nc3cc(NC(=O)/C=C/c4ccc(-c5cc(Cl)cc(Cl)c5)o4)ccc3o2)cc1Br. The first-order chi connectivity index (χ1) is 17.4. The van der Waals surface area contributed by atoms with E-state index in [1.165, 1.54) is 6.08 Å². The minimum atomic E-state index is -0.319. The summed E-state index contributed by atoms with van der Waals surface area (Å²) in [7, 11) is 1.60. The van der Waals surface area contributed by atoms with Gasteiger partial charge in [-0.2, -0.15) is 0 Å². The average molecular weight is 584 g/mol. The first-order valence-corrected chi connectivity index (χ1v) is 12.2. The number of carbonyl (C=O) groups excluding carboxylic acids is 1. The van der Waals surface area contributed by atoms with E-state index >= 15 is 0 Å². The third-order valence-corrected chi connectivity index (χ3v) is 6.28. The summed E-state index contributed by atoms with van der Waals surface area (Å²) < 4.78 is 17.7. The van der Waals surface area contributed by atoms with Gasteiger partial charge in [0.15, 0.2) is 5.58 Å². The van der Waals surface area contributed by atoms with Crippen LogP contribution < -0.4 is 10.1 Å². The highest BCUT2D eigenvalue weighted by atomic mass is 79.9. The van der Waals surface area contributed by atoms with Crippen LogP contribution in [-0.2, 0) is 4.79 Å². The topological polar surface area (TPSA) is 77.5 Å². The molecule has 6 nitrogen and oxygen atoms in total. The second kappa shape index (κ2) is 10.2. The number of methoxy groups -OCH3 is 1. The van der Waals surface area contributed by atoms with Gasteiger partial charge in [-0.1, -0.05) is 23.2 Å². The molecule has 3 aromatic carbocycles. The van der Waals surface area contributed by atoms with Gasteiger partial charge in [0.05, 0.1) is 11.6 Å². The number of halogens is 3. The Morgan fingerprint density at radius 3 is 2.53 bits per heavy atom. The van der Waals surface area contributed by atoms with Gasteiger partial charge in [0.2, 0.25) is 11.8 Å². The van der Waals surface area contributed by atoms with Crippen LogP contribution in [0.4, 0.5) is 5.69 Å². The van der Waals surface area contributed by atoms with Crippen molar-refractivity contribution in [3.63, 3.8) is 0 Å². The van der Waals surface area contributed by atoms with E-state index < -0.39 is 0 Å². The average Bonchev–Trinajstić information content (AvgIpc) is 3.49. The van der Waals surface area contributed by atoms with Crippen LogP contribution in [0.1, 0.15) is 5.76 Å². The second-order valence-corrected chi connectivity index (χ2v) is 9.46. The molecular formula is C27H17BrCl2N2O4. The lowest BCUT2D eigenvalue weighted by molar-refractivity contribution is -0.111. The Morgan fingerprint density at radius 1 is 0.972 bits per heavy atom. The lowest BCUT2D eigenvalue weighted by Gasteiger charge is -2.03. The number of oxazole rings is 1. The number of nitrogens with one attached hydrogen (secondary N) is 1. The summed E-state index contributed by atoms with van der Waals surface area (Å²) in [6.07, 6.45) is 2.97. The van der Waals surface area contributed by atoms with Crippen molar-refractivity contribution in [1.82, 2.24) is 4.98 Å². The van der Waals surface area contributed by atoms with Crippen LogP contribution in [0.15, 0.2) is 86.1 Å². The normalized spacial score (nSPS) is 11.3. The lowest BCUT2D eigenvalue weighted by Crippen LogP contribution is -2.07. The molecule has 2 heterocycles. The number of fused-ring (bicyclic) bond motifs is 1. The molecule has 0 atom stereocenters. The summed E-state index contributed by atoms with van der Waals surface area (Å²) in [6, 6.07) is 19.5. The third-order valence-electron chi connectivity index (χ3n) is 5.23. The molecule has 0 aliphatic heterocycles. The number of hydrogen-bond acceptors (Lipinski definition) is 5. The summed E-state index contributed by atoms with van der Waals surface area (Å²) in [5.41, 5.74) is 3.36. The van der Waals surface area contributed by atoms with E-state index in [9.17, 15) is 4.79 Å². The predicted octanol–water partition coefficient (Wildman–Crippen LogP) is 8.48. The quantitative estimate of drug-likeness (QED) is 0.203. The molecule has 0 bridgehead atoms. The largest absolute Gasteiger partial charge is 0.496 e. The van der Waals surface area contributed by atoms with Crippen LogP contribution in [0.25, 0.3) is 40.0 Å². The van der Waals surface area contributed by atoms with Gasteiger partial charge >= 0.3 is 0 Å². The number of rotatable bonds is 6. The Labute approximate surface area is 224 Å². The van der Waals surface area contributed by atoms with Crippen LogP contribution in [0, 0.1) is 0 Å². The van der Waals surface area contributed by atoms with Crippen molar-refractivity contribution in [3.8, 4) is 28.5 Å². The van der Waals surface area contributed by atoms with E-state index in [2.05, 4.69) is 26.2 Å². The maximum atomic E-state index is 12.5. The van der Waals surface area contributed by atoms with Crippen LogP contribution in [0.2, 0.25) is 10.0 Å². The minimum Gasteiger partial charge on any atom is -0.496 e. The number of aromatic nitrogens is 1. The molecular weight excluding hydrogens is 567 g/mol. The van der Waals surface area contributed by atoms with Gasteiger partial charge in [0, 0.05) is 32.9 Å². The Hall–Kier alpha value is -3.52. The van der Waals surface area contributed by atoms with Crippen LogP contribution in [0.5, 0.6) is 5.75 Å². The molecule has 0 fully saturated rings. The molecule has 0 radical (unpaired) electrons. The lowest BCUT2D eigenvalue weighted by atomic mass is 10.2. The van der Waals surface area contributed by atoms with Gasteiger partial charge in [-0.15, -0.1) is 0 Å². The van der Waals surface area contributed by atoms with Crippen molar-refractivity contribution in [2.45, 2.75) is 0 Å². The van der Waals surface area contributed by atoms with Crippen LogP contribution in [0.3, 0.4) is 0 Å². The molecule has 1 N–H and O–H groups in total. The number of ether oxygens (including phenoxy) is 1. The van der Waals surface area contributed by atoms with Crippen LogP contribution >= 0.6 is 39.1 Å². The third kappa shape index (κ3) is 5.33. The van der Waals surface area contributed by atoms with Gasteiger partial charge < -0.3 is 18.9 Å². The van der Waals surface area contributed by atoms with Gasteiger partial charge in [-0.05, 0) is 88.7 Å². The number of amides is 1. The molecule has 36 heavy (non-hydrogen) atoms. The minimum absolute atomic E-state index is 0.319. The number of hydrogen-bond donors (Lipinski definition) is 1. The summed E-state index contributed by atoms with van der Waals surface area (Å²) >= 11 is 15.6. The maximum Gasteiger partial charge on any atom is 0.248 e. The highest BCUT2D eigenvalue weighted by molar-refractivity contribution is 9.10. The maximum absolute atomic E-state index is 12.5. The van der Waals surface area contributed by atoms with Gasteiger partial charge in [-0.3, -0.25) is 4.79 Å². The Morgan fingerprint density at radius 2 is 1.78 bits per heavy atom. The number of anilines is 1. The van der Waals surface area contributed by atoms with Crippen molar-refractivity contribution in [3.05, 3.63) is 93.1 Å². The van der Waals surface area contributed by atoms with Crippen molar-refractivity contribution < 1.29 is 18.4 Å². The molecule has 0 aliphatic carbocycles. The van der Waals surface area contributed by atoms with E-state index in [-0.39, 0.29) is 5.91 Å². The summed E-state index contributed by atoms with van der Waals surface area (Å²) in [4.78, 5) is 17.0. The fourth-order valence-corrected chi connectivity index (χ4v) is 4.63. The Bertz CT molecular complexity index is 1600. The van der Waals surface area contributed by atoms with E-state index in [1.807, 2.05) is 18.2 Å². The zero-order valence-electron chi connectivity index (χ0n) is 18.7. The van der Waals surface area contributed by atoms with E-state index in [0.29, 0.717) is 50.0 Å². The molecule has 0 unspecified atom stereocenters. The standard InChI is InChI=1S/C27H17BrCl2N2O4/c1-34-24-6-2-15(12-21(24)28)27-32-22-14-19(3-7-25(22)36-27)31-26(33)9-5-20-4-8-23(35-20)16-10-17(29)13-18(30)11-16/h2-14H,1H3,(H,31,33)/b9-5+. The first kappa shape index (κ1) is 24.2. The molecule has 0 saturated heterocycles. The molecule has 180 valence electrons. The number of carbonyl (C=O) groups is 1. The number of furan rings is 1. The van der Waals surface area contributed by atoms with E-state index in [4.69, 9.17) is 36.8 Å². The van der Waals surface area contributed by atoms with Crippen molar-refractivity contribution in [2.75, 3.05) is 12.4 Å². The summed E-state index contributed by atoms with van der Waals surface area (Å²) in [5, 5.41) is 3.85. The monoisotopic (exact) mass is 582 g/mol. The fourth-order valence-electron chi connectivity index (χ4n) is 3.56. The van der Waals surface area contributed by atoms with Crippen LogP contribution in [-0.4, -0.2) is 18.0 Å². The first-order valence-electron chi connectivity index (χ1n) is 10.7. The van der Waals surface area contributed by atoms with Gasteiger partial charge in [0.1, 0.15) is 22.8 Å². The predicted molar refractivity (Wildman–Crippen MR) is 146 cm³/mol. The fraction of sp³-hybridized carbons (Fsp3) is 0.0370. The smallest absolute Gasteiger partial charge is 0.248 e. The highest BCUT2D eigenvalue weighted by Crippen LogP contribution is 2.32. The van der Waals surface area contributed by atoms with Crippen molar-refractivity contribution in [1.29, 1.82) is 0 Å². The van der Waals surface area contributed by atoms with Gasteiger partial charge in [-0.25, -0.2) is 4.98 Å². The van der Waals surface area contributed by atoms with E-state index in [1.54, 1.807) is 61.7 Å². The highest BCUT2D eigenvalue weighted by Gasteiger charge is 2.12. The molecule has 1 amide bonds. The molecule has 9 heteroatoms. The number of benzene rings is 3. The molecule has 0 spiro atoms. The zero-order valence-corrected chi connectivity index (χ0v) is 21.8. The van der Waals surface area contributed by atoms with Crippen molar-refractivity contribution >= 4 is 67.9 Å². The zero-order chi connectivity index (χ0) is 25.2. The Kier molecular flexibility index (Phi) is 6.87.